The van der Waals surface area contributed by atoms with Crippen molar-refractivity contribution in [3.63, 3.8) is 0 Å². The van der Waals surface area contributed by atoms with E-state index in [4.69, 9.17) is 5.73 Å². The molecule has 0 unspecified atom stereocenters. The van der Waals surface area contributed by atoms with Crippen LogP contribution < -0.4 is 11.1 Å². The number of hydrogen-bond donors (Lipinski definition) is 2. The third-order valence-corrected chi connectivity index (χ3v) is 3.80. The Bertz CT molecular complexity index is 482. The normalized spacial score (nSPS) is 17.1. The highest BCUT2D eigenvalue weighted by atomic mass is 35.5. The molecule has 1 fully saturated rings. The van der Waals surface area contributed by atoms with Gasteiger partial charge in [-0.3, -0.25) is 4.79 Å². The fourth-order valence-electron chi connectivity index (χ4n) is 2.56. The molecule has 3 N–H and O–H groups in total. The molecule has 1 saturated carbocycles. The number of amides is 1. The Balaban J connectivity index is 0.00000220. The van der Waals surface area contributed by atoms with Gasteiger partial charge in [-0.2, -0.15) is 13.2 Å². The molecule has 21 heavy (non-hydrogen) atoms. The molecule has 0 bridgehead atoms. The Morgan fingerprint density at radius 1 is 1.19 bits per heavy atom. The molecule has 7 heteroatoms. The lowest BCUT2D eigenvalue weighted by atomic mass is 9.97. The van der Waals surface area contributed by atoms with Crippen LogP contribution in [0.25, 0.3) is 0 Å². The summed E-state index contributed by atoms with van der Waals surface area (Å²) in [5.74, 6) is -0.369. The van der Waals surface area contributed by atoms with Gasteiger partial charge in [-0.15, -0.1) is 12.4 Å². The number of carbonyl (C=O) groups is 1. The number of carbonyl (C=O) groups excluding carboxylic acids is 1. The maximum Gasteiger partial charge on any atom is 0.416 e. The average Bonchev–Trinajstić information content (AvgIpc) is 2.87. The first-order valence-electron chi connectivity index (χ1n) is 6.56. The van der Waals surface area contributed by atoms with E-state index in [1.807, 2.05) is 0 Å². The predicted octanol–water partition coefficient (Wildman–Crippen LogP) is 3.13. The SMILES string of the molecule is Cl.NCC1(NC(=O)c2ccc(C(F)(F)F)cc2)CCCC1. The fourth-order valence-corrected chi connectivity index (χ4v) is 2.56. The molecular weight excluding hydrogens is 305 g/mol. The molecule has 0 atom stereocenters. The van der Waals surface area contributed by atoms with Gasteiger partial charge >= 0.3 is 6.18 Å². The molecule has 0 radical (unpaired) electrons. The van der Waals surface area contributed by atoms with Crippen LogP contribution in [-0.4, -0.2) is 18.0 Å². The van der Waals surface area contributed by atoms with Crippen molar-refractivity contribution in [3.8, 4) is 0 Å². The summed E-state index contributed by atoms with van der Waals surface area (Å²) in [7, 11) is 0. The lowest BCUT2D eigenvalue weighted by Gasteiger charge is -2.28. The van der Waals surface area contributed by atoms with E-state index in [-0.39, 0.29) is 23.9 Å². The average molecular weight is 323 g/mol. The first kappa shape index (κ1) is 17.8. The maximum atomic E-state index is 12.4. The summed E-state index contributed by atoms with van der Waals surface area (Å²) >= 11 is 0. The largest absolute Gasteiger partial charge is 0.416 e. The van der Waals surface area contributed by atoms with Crippen molar-refractivity contribution in [2.45, 2.75) is 37.4 Å². The summed E-state index contributed by atoms with van der Waals surface area (Å²) in [6.45, 7) is 0.347. The minimum atomic E-state index is -4.39. The standard InChI is InChI=1S/C14H17F3N2O.ClH/c15-14(16,17)11-5-3-10(4-6-11)12(20)19-13(9-18)7-1-2-8-13;/h3-6H,1-2,7-9,18H2,(H,19,20);1H. The Morgan fingerprint density at radius 2 is 1.71 bits per heavy atom. The van der Waals surface area contributed by atoms with Crippen LogP contribution in [0.15, 0.2) is 24.3 Å². The molecule has 0 heterocycles. The minimum absolute atomic E-state index is 0. The molecule has 118 valence electrons. The van der Waals surface area contributed by atoms with Gasteiger partial charge in [0.2, 0.25) is 0 Å². The lowest BCUT2D eigenvalue weighted by molar-refractivity contribution is -0.137. The highest BCUT2D eigenvalue weighted by Gasteiger charge is 2.34. The number of halogens is 4. The Morgan fingerprint density at radius 3 is 2.14 bits per heavy atom. The monoisotopic (exact) mass is 322 g/mol. The van der Waals surface area contributed by atoms with Crippen molar-refractivity contribution in [1.82, 2.24) is 5.32 Å². The smallest absolute Gasteiger partial charge is 0.345 e. The van der Waals surface area contributed by atoms with Gasteiger partial charge in [0.05, 0.1) is 11.1 Å². The van der Waals surface area contributed by atoms with Crippen LogP contribution in [0.2, 0.25) is 0 Å². The van der Waals surface area contributed by atoms with Crippen molar-refractivity contribution in [3.05, 3.63) is 35.4 Å². The maximum absolute atomic E-state index is 12.4. The Hall–Kier alpha value is -1.27. The quantitative estimate of drug-likeness (QED) is 0.898. The first-order valence-corrected chi connectivity index (χ1v) is 6.56. The second-order valence-electron chi connectivity index (χ2n) is 5.22. The van der Waals surface area contributed by atoms with E-state index in [0.717, 1.165) is 37.8 Å². The summed E-state index contributed by atoms with van der Waals surface area (Å²) < 4.78 is 37.3. The van der Waals surface area contributed by atoms with Crippen molar-refractivity contribution >= 4 is 18.3 Å². The molecule has 2 rings (SSSR count). The third kappa shape index (κ3) is 4.11. The van der Waals surface area contributed by atoms with Crippen molar-refractivity contribution in [2.75, 3.05) is 6.54 Å². The van der Waals surface area contributed by atoms with Gasteiger partial charge in [-0.05, 0) is 37.1 Å². The number of rotatable bonds is 3. The van der Waals surface area contributed by atoms with E-state index in [9.17, 15) is 18.0 Å². The predicted molar refractivity (Wildman–Crippen MR) is 76.4 cm³/mol. The molecule has 0 aromatic heterocycles. The van der Waals surface area contributed by atoms with Gasteiger partial charge in [0.15, 0.2) is 0 Å². The topological polar surface area (TPSA) is 55.1 Å². The van der Waals surface area contributed by atoms with Gasteiger partial charge in [0.1, 0.15) is 0 Å². The van der Waals surface area contributed by atoms with Crippen LogP contribution in [-0.2, 0) is 6.18 Å². The van der Waals surface area contributed by atoms with Gasteiger partial charge in [0, 0.05) is 12.1 Å². The van der Waals surface area contributed by atoms with Crippen LogP contribution in [0.4, 0.5) is 13.2 Å². The number of benzene rings is 1. The number of nitrogens with one attached hydrogen (secondary N) is 1. The molecule has 1 aliphatic carbocycles. The van der Waals surface area contributed by atoms with Crippen LogP contribution in [0.3, 0.4) is 0 Å². The zero-order valence-electron chi connectivity index (χ0n) is 11.4. The van der Waals surface area contributed by atoms with Crippen molar-refractivity contribution in [2.24, 2.45) is 5.73 Å². The van der Waals surface area contributed by atoms with Crippen molar-refractivity contribution < 1.29 is 18.0 Å². The molecular formula is C14H18ClF3N2O. The summed E-state index contributed by atoms with van der Waals surface area (Å²) in [6, 6.07) is 4.21. The van der Waals surface area contributed by atoms with E-state index >= 15 is 0 Å². The van der Waals surface area contributed by atoms with Gasteiger partial charge in [-0.25, -0.2) is 0 Å². The molecule has 1 aliphatic rings. The second kappa shape index (κ2) is 6.66. The highest BCUT2D eigenvalue weighted by Crippen LogP contribution is 2.30. The molecule has 3 nitrogen and oxygen atoms in total. The number of alkyl halides is 3. The molecule has 0 saturated heterocycles. The third-order valence-electron chi connectivity index (χ3n) is 3.80. The van der Waals surface area contributed by atoms with Gasteiger partial charge < -0.3 is 11.1 Å². The summed E-state index contributed by atoms with van der Waals surface area (Å²) in [4.78, 5) is 12.1. The van der Waals surface area contributed by atoms with E-state index in [2.05, 4.69) is 5.32 Å². The van der Waals surface area contributed by atoms with Gasteiger partial charge in [0.25, 0.3) is 5.91 Å². The molecule has 1 amide bonds. The molecule has 0 spiro atoms. The Kier molecular flexibility index (Phi) is 5.64. The van der Waals surface area contributed by atoms with Crippen molar-refractivity contribution in [1.29, 1.82) is 0 Å². The zero-order chi connectivity index (χ0) is 14.8. The van der Waals surface area contributed by atoms with E-state index in [0.29, 0.717) is 6.54 Å². The van der Waals surface area contributed by atoms with Crippen LogP contribution >= 0.6 is 12.4 Å². The van der Waals surface area contributed by atoms with E-state index in [1.54, 1.807) is 0 Å². The summed E-state index contributed by atoms with van der Waals surface area (Å²) in [5, 5.41) is 2.87. The second-order valence-corrected chi connectivity index (χ2v) is 5.22. The number of hydrogen-bond acceptors (Lipinski definition) is 2. The van der Waals surface area contributed by atoms with Crippen LogP contribution in [0, 0.1) is 0 Å². The van der Waals surface area contributed by atoms with Gasteiger partial charge in [-0.1, -0.05) is 12.8 Å². The first-order chi connectivity index (χ1) is 9.36. The van der Waals surface area contributed by atoms with Crippen LogP contribution in [0.5, 0.6) is 0 Å². The fraction of sp³-hybridized carbons (Fsp3) is 0.500. The number of nitrogens with two attached hydrogens (primary N) is 1. The van der Waals surface area contributed by atoms with E-state index in [1.165, 1.54) is 12.1 Å². The molecule has 1 aromatic carbocycles. The zero-order valence-corrected chi connectivity index (χ0v) is 12.2. The highest BCUT2D eigenvalue weighted by molar-refractivity contribution is 5.94. The molecule has 1 aromatic rings. The summed E-state index contributed by atoms with van der Waals surface area (Å²) in [6.07, 6.45) is -0.750. The lowest BCUT2D eigenvalue weighted by Crippen LogP contribution is -2.51. The summed E-state index contributed by atoms with van der Waals surface area (Å²) in [5.41, 5.74) is 4.77. The minimum Gasteiger partial charge on any atom is -0.345 e. The molecule has 0 aliphatic heterocycles. The Labute approximate surface area is 127 Å². The van der Waals surface area contributed by atoms with Crippen LogP contribution in [0.1, 0.15) is 41.6 Å². The van der Waals surface area contributed by atoms with E-state index < -0.39 is 17.3 Å².